The Balaban J connectivity index is 2.33. The number of ether oxygens (including phenoxy) is 1. The third-order valence-electron chi connectivity index (χ3n) is 2.02. The molecule has 1 unspecified atom stereocenters. The van der Waals surface area contributed by atoms with E-state index in [2.05, 4.69) is 4.74 Å². The van der Waals surface area contributed by atoms with Crippen molar-refractivity contribution < 1.29 is 14.2 Å². The summed E-state index contributed by atoms with van der Waals surface area (Å²) in [5.41, 5.74) is 1.81. The van der Waals surface area contributed by atoms with Gasteiger partial charge in [-0.3, -0.25) is 0 Å². The maximum absolute atomic E-state index is 11.2. The summed E-state index contributed by atoms with van der Waals surface area (Å²) in [6.45, 7) is 0. The van der Waals surface area contributed by atoms with Gasteiger partial charge < -0.3 is 9.39 Å². The van der Waals surface area contributed by atoms with Gasteiger partial charge in [0.2, 0.25) is 0 Å². The zero-order valence-corrected chi connectivity index (χ0v) is 7.19. The Kier molecular flexibility index (Phi) is 2.06. The maximum Gasteiger partial charge on any atom is 0.338 e. The largest absolute Gasteiger partial charge is 0.467 e. The predicted octanol–water partition coefficient (Wildman–Crippen LogP) is 0.175. The number of carbonyl (C=O) groups excluding carboxylic acids is 1. The molecule has 1 aliphatic rings. The van der Waals surface area contributed by atoms with Gasteiger partial charge in [-0.15, -0.1) is 0 Å². The monoisotopic (exact) mass is 175 g/mol. The lowest BCUT2D eigenvalue weighted by Crippen LogP contribution is -2.13. The molecule has 0 saturated carbocycles. The van der Waals surface area contributed by atoms with Gasteiger partial charge in [0.15, 0.2) is 6.10 Å². The van der Waals surface area contributed by atoms with E-state index in [1.807, 2.05) is 24.3 Å². The molecule has 1 atom stereocenters. The number of hydrogen-bond acceptors (Lipinski definition) is 3. The van der Waals surface area contributed by atoms with E-state index in [9.17, 15) is 4.79 Å². The molecule has 0 aromatic heterocycles. The van der Waals surface area contributed by atoms with Crippen LogP contribution in [0.3, 0.4) is 0 Å². The first-order valence-electron chi connectivity index (χ1n) is 3.98. The van der Waals surface area contributed by atoms with Crippen molar-refractivity contribution in [3.63, 3.8) is 0 Å². The Morgan fingerprint density at radius 1 is 1.54 bits per heavy atom. The fourth-order valence-electron chi connectivity index (χ4n) is 1.36. The minimum atomic E-state index is -0.582. The molecule has 0 amide bonds. The zero-order chi connectivity index (χ0) is 9.26. The third-order valence-corrected chi connectivity index (χ3v) is 2.02. The van der Waals surface area contributed by atoms with Crippen LogP contribution >= 0.6 is 0 Å². The van der Waals surface area contributed by atoms with Crippen molar-refractivity contribution in [3.8, 4) is 0 Å². The van der Waals surface area contributed by atoms with Crippen molar-refractivity contribution in [2.24, 2.45) is 0 Å². The Bertz CT molecular complexity index is 337. The van der Waals surface area contributed by atoms with Crippen LogP contribution in [0.5, 0.6) is 0 Å². The van der Waals surface area contributed by atoms with E-state index in [1.165, 1.54) is 7.11 Å². The fraction of sp³-hybridized carbons (Fsp3) is 0.222. The molecule has 1 aromatic carbocycles. The lowest BCUT2D eigenvalue weighted by molar-refractivity contribution is -0.148. The Hall–Kier alpha value is -1.29. The van der Waals surface area contributed by atoms with Crippen LogP contribution in [0, 0.1) is 0 Å². The molecule has 1 heterocycles. The average Bonchev–Trinajstić information content (AvgIpc) is 2.60. The van der Waals surface area contributed by atoms with E-state index in [0.717, 1.165) is 11.0 Å². The molecule has 0 bridgehead atoms. The first-order valence-corrected chi connectivity index (χ1v) is 3.98. The molecular weight excluding hydrogens is 167 g/mol. The van der Waals surface area contributed by atoms with E-state index in [1.54, 1.807) is 7.48 Å². The highest BCUT2D eigenvalue weighted by atomic mass is 16.6. The van der Waals surface area contributed by atoms with Crippen molar-refractivity contribution in [3.05, 3.63) is 29.8 Å². The number of fused-ring (bicyclic) bond motifs is 1. The number of rotatable bonds is 1. The number of hydrogen-bond donors (Lipinski definition) is 0. The summed E-state index contributed by atoms with van der Waals surface area (Å²) < 4.78 is 9.78. The SMILES string of the molecule is COC(=O)C1O[B]c2ccccc21. The van der Waals surface area contributed by atoms with Gasteiger partial charge in [-0.25, -0.2) is 4.79 Å². The van der Waals surface area contributed by atoms with E-state index >= 15 is 0 Å². The Labute approximate surface area is 76.9 Å². The second-order valence-electron chi connectivity index (χ2n) is 2.79. The quantitative estimate of drug-likeness (QED) is 0.451. The summed E-state index contributed by atoms with van der Waals surface area (Å²) in [7, 11) is 2.93. The maximum atomic E-state index is 11.2. The molecular formula is C9H8BO3. The highest BCUT2D eigenvalue weighted by Crippen LogP contribution is 2.21. The molecule has 0 fully saturated rings. The first-order chi connectivity index (χ1) is 6.33. The van der Waals surface area contributed by atoms with E-state index in [0.29, 0.717) is 0 Å². The molecule has 0 saturated heterocycles. The molecule has 4 heteroatoms. The molecule has 0 N–H and O–H groups in total. The minimum Gasteiger partial charge on any atom is -0.467 e. The third kappa shape index (κ3) is 1.33. The fourth-order valence-corrected chi connectivity index (χ4v) is 1.36. The van der Waals surface area contributed by atoms with Crippen LogP contribution in [0.1, 0.15) is 11.7 Å². The number of methoxy groups -OCH3 is 1. The highest BCUT2D eigenvalue weighted by molar-refractivity contribution is 6.49. The van der Waals surface area contributed by atoms with Crippen LogP contribution in [-0.2, 0) is 14.2 Å². The summed E-state index contributed by atoms with van der Waals surface area (Å²) in [4.78, 5) is 11.2. The summed E-state index contributed by atoms with van der Waals surface area (Å²) in [5, 5.41) is 0. The van der Waals surface area contributed by atoms with Crippen LogP contribution in [-0.4, -0.2) is 20.6 Å². The Morgan fingerprint density at radius 3 is 3.08 bits per heavy atom. The second-order valence-corrected chi connectivity index (χ2v) is 2.79. The molecule has 0 spiro atoms. The number of benzene rings is 1. The van der Waals surface area contributed by atoms with E-state index < -0.39 is 6.10 Å². The summed E-state index contributed by atoms with van der Waals surface area (Å²) >= 11 is 0. The summed E-state index contributed by atoms with van der Waals surface area (Å²) in [5.74, 6) is -0.360. The molecule has 1 radical (unpaired) electrons. The normalized spacial score (nSPS) is 19.0. The van der Waals surface area contributed by atoms with Crippen molar-refractivity contribution in [1.29, 1.82) is 0 Å². The van der Waals surface area contributed by atoms with Gasteiger partial charge in [-0.1, -0.05) is 24.3 Å². The Morgan fingerprint density at radius 2 is 2.31 bits per heavy atom. The van der Waals surface area contributed by atoms with Crippen LogP contribution in [0.15, 0.2) is 24.3 Å². The van der Waals surface area contributed by atoms with Crippen molar-refractivity contribution >= 4 is 18.9 Å². The first kappa shape index (κ1) is 8.32. The number of carbonyl (C=O) groups is 1. The minimum absolute atomic E-state index is 0.360. The van der Waals surface area contributed by atoms with E-state index in [-0.39, 0.29) is 5.97 Å². The van der Waals surface area contributed by atoms with Gasteiger partial charge in [-0.05, 0) is 11.0 Å². The van der Waals surface area contributed by atoms with Crippen molar-refractivity contribution in [1.82, 2.24) is 0 Å². The molecule has 65 valence electrons. The molecule has 3 nitrogen and oxygen atoms in total. The van der Waals surface area contributed by atoms with Crippen LogP contribution < -0.4 is 5.46 Å². The zero-order valence-electron chi connectivity index (χ0n) is 7.19. The van der Waals surface area contributed by atoms with Crippen LogP contribution in [0.2, 0.25) is 0 Å². The van der Waals surface area contributed by atoms with Gasteiger partial charge in [0.25, 0.3) is 0 Å². The second kappa shape index (κ2) is 3.22. The average molecular weight is 175 g/mol. The summed E-state index contributed by atoms with van der Waals surface area (Å²) in [6, 6.07) is 7.54. The van der Waals surface area contributed by atoms with Crippen LogP contribution in [0.4, 0.5) is 0 Å². The van der Waals surface area contributed by atoms with Gasteiger partial charge >= 0.3 is 13.5 Å². The molecule has 2 rings (SSSR count). The lowest BCUT2D eigenvalue weighted by Gasteiger charge is -2.08. The van der Waals surface area contributed by atoms with Gasteiger partial charge in [-0.2, -0.15) is 0 Å². The topological polar surface area (TPSA) is 35.5 Å². The lowest BCUT2D eigenvalue weighted by atomic mass is 9.87. The summed E-state index contributed by atoms with van der Waals surface area (Å²) in [6.07, 6.45) is -0.582. The predicted molar refractivity (Wildman–Crippen MR) is 47.7 cm³/mol. The molecule has 1 aliphatic heterocycles. The standard InChI is InChI=1S/C9H8BO3/c1-12-9(11)8-6-4-2-3-5-7(6)10-13-8/h2-5,8H,1H3. The van der Waals surface area contributed by atoms with Crippen molar-refractivity contribution in [2.45, 2.75) is 6.10 Å². The van der Waals surface area contributed by atoms with Crippen LogP contribution in [0.25, 0.3) is 0 Å². The van der Waals surface area contributed by atoms with Gasteiger partial charge in [0.05, 0.1) is 7.11 Å². The smallest absolute Gasteiger partial charge is 0.338 e. The van der Waals surface area contributed by atoms with Gasteiger partial charge in [0.1, 0.15) is 0 Å². The van der Waals surface area contributed by atoms with E-state index in [4.69, 9.17) is 4.65 Å². The highest BCUT2D eigenvalue weighted by Gasteiger charge is 2.30. The molecule has 13 heavy (non-hydrogen) atoms. The molecule has 0 aliphatic carbocycles. The molecule has 1 aromatic rings. The van der Waals surface area contributed by atoms with Crippen molar-refractivity contribution in [2.75, 3.05) is 7.11 Å². The number of esters is 1. The van der Waals surface area contributed by atoms with Gasteiger partial charge in [0, 0.05) is 0 Å².